The molecule has 0 spiro atoms. The zero-order valence-corrected chi connectivity index (χ0v) is 15.7. The molecule has 0 saturated heterocycles. The molecule has 0 atom stereocenters. The number of rotatable bonds is 2. The smallest absolute Gasteiger partial charge is 0.131 e. The van der Waals surface area contributed by atoms with Crippen molar-refractivity contribution in [3.05, 3.63) is 57.9 Å². The van der Waals surface area contributed by atoms with E-state index in [4.69, 9.17) is 4.74 Å². The Kier molecular flexibility index (Phi) is 4.66. The molecule has 2 rings (SSSR count). The van der Waals surface area contributed by atoms with Gasteiger partial charge in [-0.1, -0.05) is 83.6 Å². The molecule has 1 nitrogen and oxygen atoms in total. The Morgan fingerprint density at radius 2 is 1.27 bits per heavy atom. The van der Waals surface area contributed by atoms with Crippen LogP contribution in [0.25, 0.3) is 0 Å². The van der Waals surface area contributed by atoms with Crippen LogP contribution in [0.2, 0.25) is 0 Å². The summed E-state index contributed by atoms with van der Waals surface area (Å²) in [6.45, 7) is 13.6. The standard InChI is InChI=1S/C20H28OS/c1-18(2,3)16-13-20(21-7,15-11-9-8-10-12-15)14-17(22-16)19(4,5)6/h8-14H,1-7H3. The molecule has 2 heteroatoms. The average Bonchev–Trinajstić information content (AvgIpc) is 2.46. The van der Waals surface area contributed by atoms with Crippen molar-refractivity contribution >= 4 is 11.8 Å². The Labute approximate surface area is 139 Å². The summed E-state index contributed by atoms with van der Waals surface area (Å²) in [5.41, 5.74) is 0.918. The lowest BCUT2D eigenvalue weighted by Gasteiger charge is -2.39. The Bertz CT molecular complexity index is 552. The van der Waals surface area contributed by atoms with E-state index in [9.17, 15) is 0 Å². The van der Waals surface area contributed by atoms with Crippen LogP contribution in [0.5, 0.6) is 0 Å². The average molecular weight is 317 g/mol. The van der Waals surface area contributed by atoms with E-state index in [0.717, 1.165) is 0 Å². The minimum absolute atomic E-state index is 0.105. The largest absolute Gasteiger partial charge is 0.365 e. The molecule has 1 aromatic rings. The van der Waals surface area contributed by atoms with Crippen LogP contribution in [0.1, 0.15) is 47.1 Å². The first-order valence-electron chi connectivity index (χ1n) is 7.84. The number of ether oxygens (including phenoxy) is 1. The van der Waals surface area contributed by atoms with E-state index in [-0.39, 0.29) is 10.8 Å². The second kappa shape index (κ2) is 5.90. The van der Waals surface area contributed by atoms with Crippen molar-refractivity contribution < 1.29 is 4.74 Å². The summed E-state index contributed by atoms with van der Waals surface area (Å²) in [6, 6.07) is 10.5. The Morgan fingerprint density at radius 1 is 0.818 bits per heavy atom. The van der Waals surface area contributed by atoms with Crippen LogP contribution in [0, 0.1) is 10.8 Å². The topological polar surface area (TPSA) is 9.23 Å². The minimum atomic E-state index is -0.474. The zero-order valence-electron chi connectivity index (χ0n) is 14.9. The number of hydrogen-bond donors (Lipinski definition) is 0. The molecule has 0 saturated carbocycles. The summed E-state index contributed by atoms with van der Waals surface area (Å²) in [5, 5.41) is 0. The first-order chi connectivity index (χ1) is 10.1. The number of hydrogen-bond acceptors (Lipinski definition) is 2. The van der Waals surface area contributed by atoms with Gasteiger partial charge in [-0.05, 0) is 38.4 Å². The lowest BCUT2D eigenvalue weighted by atomic mass is 9.84. The maximum atomic E-state index is 6.05. The third-order valence-corrected chi connectivity index (χ3v) is 5.85. The first-order valence-corrected chi connectivity index (χ1v) is 8.65. The van der Waals surface area contributed by atoms with Crippen LogP contribution in [0.3, 0.4) is 0 Å². The van der Waals surface area contributed by atoms with Gasteiger partial charge in [0.25, 0.3) is 0 Å². The fourth-order valence-electron chi connectivity index (χ4n) is 2.45. The predicted octanol–water partition coefficient (Wildman–Crippen LogP) is 6.14. The lowest BCUT2D eigenvalue weighted by molar-refractivity contribution is 0.0698. The van der Waals surface area contributed by atoms with Crippen molar-refractivity contribution in [3.8, 4) is 0 Å². The molecule has 22 heavy (non-hydrogen) atoms. The summed E-state index contributed by atoms with van der Waals surface area (Å²) in [4.78, 5) is 2.73. The predicted molar refractivity (Wildman–Crippen MR) is 97.8 cm³/mol. The summed E-state index contributed by atoms with van der Waals surface area (Å²) in [5.74, 6) is 0. The lowest BCUT2D eigenvalue weighted by Crippen LogP contribution is -2.30. The van der Waals surface area contributed by atoms with E-state index in [1.165, 1.54) is 15.4 Å². The van der Waals surface area contributed by atoms with Gasteiger partial charge in [-0.15, -0.1) is 0 Å². The number of thioether (sulfide) groups is 1. The molecule has 0 fully saturated rings. The fourth-order valence-corrected chi connectivity index (χ4v) is 3.77. The monoisotopic (exact) mass is 316 g/mol. The van der Waals surface area contributed by atoms with Crippen molar-refractivity contribution in [2.45, 2.75) is 47.1 Å². The van der Waals surface area contributed by atoms with Gasteiger partial charge in [0.1, 0.15) is 5.60 Å². The van der Waals surface area contributed by atoms with Crippen LogP contribution in [-0.4, -0.2) is 7.11 Å². The van der Waals surface area contributed by atoms with Crippen LogP contribution in [0.4, 0.5) is 0 Å². The summed E-state index contributed by atoms with van der Waals surface area (Å²) < 4.78 is 6.05. The van der Waals surface area contributed by atoms with Crippen LogP contribution in [0.15, 0.2) is 52.3 Å². The van der Waals surface area contributed by atoms with Gasteiger partial charge in [0.15, 0.2) is 0 Å². The van der Waals surface area contributed by atoms with E-state index in [1.807, 2.05) is 17.8 Å². The fraction of sp³-hybridized carbons (Fsp3) is 0.500. The van der Waals surface area contributed by atoms with Gasteiger partial charge in [-0.3, -0.25) is 0 Å². The minimum Gasteiger partial charge on any atom is -0.365 e. The van der Waals surface area contributed by atoms with E-state index in [1.54, 1.807) is 7.11 Å². The molecule has 0 radical (unpaired) electrons. The maximum absolute atomic E-state index is 6.05. The number of methoxy groups -OCH3 is 1. The van der Waals surface area contributed by atoms with Crippen molar-refractivity contribution in [1.29, 1.82) is 0 Å². The number of benzene rings is 1. The summed E-state index contributed by atoms with van der Waals surface area (Å²) in [6.07, 6.45) is 4.59. The molecular weight excluding hydrogens is 288 g/mol. The maximum Gasteiger partial charge on any atom is 0.131 e. The molecule has 1 aromatic carbocycles. The van der Waals surface area contributed by atoms with Gasteiger partial charge in [0, 0.05) is 7.11 Å². The van der Waals surface area contributed by atoms with Crippen molar-refractivity contribution in [2.24, 2.45) is 10.8 Å². The highest BCUT2D eigenvalue weighted by molar-refractivity contribution is 8.06. The van der Waals surface area contributed by atoms with E-state index in [0.29, 0.717) is 0 Å². The third-order valence-electron chi connectivity index (χ3n) is 3.95. The van der Waals surface area contributed by atoms with Gasteiger partial charge >= 0.3 is 0 Å². The van der Waals surface area contributed by atoms with Gasteiger partial charge in [-0.2, -0.15) is 0 Å². The second-order valence-electron chi connectivity index (χ2n) is 7.98. The van der Waals surface area contributed by atoms with E-state index >= 15 is 0 Å². The molecule has 0 unspecified atom stereocenters. The third kappa shape index (κ3) is 3.49. The summed E-state index contributed by atoms with van der Waals surface area (Å²) >= 11 is 1.90. The van der Waals surface area contributed by atoms with Gasteiger partial charge < -0.3 is 4.74 Å². The van der Waals surface area contributed by atoms with E-state index < -0.39 is 5.60 Å². The molecule has 1 aliphatic heterocycles. The molecule has 1 aliphatic rings. The molecule has 0 bridgehead atoms. The van der Waals surface area contributed by atoms with E-state index in [2.05, 4.69) is 78.0 Å². The van der Waals surface area contributed by atoms with Gasteiger partial charge in [-0.25, -0.2) is 0 Å². The normalized spacial score (nSPS) is 18.7. The molecule has 1 heterocycles. The first kappa shape index (κ1) is 17.4. The zero-order chi connectivity index (χ0) is 16.6. The van der Waals surface area contributed by atoms with Gasteiger partial charge in [0.05, 0.1) is 0 Å². The van der Waals surface area contributed by atoms with Crippen LogP contribution in [-0.2, 0) is 10.3 Å². The van der Waals surface area contributed by atoms with Crippen LogP contribution >= 0.6 is 11.8 Å². The Hall–Kier alpha value is -0.990. The molecular formula is C20H28OS. The van der Waals surface area contributed by atoms with Gasteiger partial charge in [0.2, 0.25) is 0 Å². The van der Waals surface area contributed by atoms with Crippen LogP contribution < -0.4 is 0 Å². The Balaban J connectivity index is 2.64. The van der Waals surface area contributed by atoms with Crippen molar-refractivity contribution in [3.63, 3.8) is 0 Å². The quantitative estimate of drug-likeness (QED) is 0.648. The highest BCUT2D eigenvalue weighted by Crippen LogP contribution is 2.52. The van der Waals surface area contributed by atoms with Crippen molar-refractivity contribution in [2.75, 3.05) is 7.11 Å². The Morgan fingerprint density at radius 3 is 1.64 bits per heavy atom. The SMILES string of the molecule is COC1(c2ccccc2)C=C(C(C)(C)C)SC(C(C)(C)C)=C1. The molecule has 0 amide bonds. The molecule has 0 aromatic heterocycles. The summed E-state index contributed by atoms with van der Waals surface area (Å²) in [7, 11) is 1.80. The van der Waals surface area contributed by atoms with Crippen molar-refractivity contribution in [1.82, 2.24) is 0 Å². The molecule has 0 N–H and O–H groups in total. The second-order valence-corrected chi connectivity index (χ2v) is 9.07. The highest BCUT2D eigenvalue weighted by atomic mass is 32.2. The highest BCUT2D eigenvalue weighted by Gasteiger charge is 2.37. The molecule has 0 aliphatic carbocycles. The molecule has 120 valence electrons. The number of allylic oxidation sites excluding steroid dienone is 2.